The topological polar surface area (TPSA) is 124 Å². The number of ether oxygens (including phenoxy) is 1. The molecule has 1 amide bonds. The molecule has 4 aromatic rings. The van der Waals surface area contributed by atoms with Crippen molar-refractivity contribution in [1.29, 1.82) is 0 Å². The highest BCUT2D eigenvalue weighted by atomic mass is 16.5. The lowest BCUT2D eigenvalue weighted by Crippen LogP contribution is -2.29. The number of carbonyl (C=O) groups is 1. The van der Waals surface area contributed by atoms with Crippen LogP contribution >= 0.6 is 0 Å². The summed E-state index contributed by atoms with van der Waals surface area (Å²) in [4.78, 5) is 25.8. The first kappa shape index (κ1) is 19.3. The molecule has 32 heavy (non-hydrogen) atoms. The van der Waals surface area contributed by atoms with Crippen molar-refractivity contribution in [2.24, 2.45) is 5.73 Å². The van der Waals surface area contributed by atoms with E-state index in [0.29, 0.717) is 48.6 Å². The van der Waals surface area contributed by atoms with Gasteiger partial charge in [0.05, 0.1) is 23.3 Å². The minimum Gasteiger partial charge on any atom is -0.436 e. The van der Waals surface area contributed by atoms with Gasteiger partial charge in [-0.1, -0.05) is 6.07 Å². The van der Waals surface area contributed by atoms with E-state index in [-0.39, 0.29) is 12.5 Å². The first-order valence-corrected chi connectivity index (χ1v) is 10.7. The summed E-state index contributed by atoms with van der Waals surface area (Å²) in [6.45, 7) is 2.72. The van der Waals surface area contributed by atoms with Crippen molar-refractivity contribution in [1.82, 2.24) is 15.0 Å². The maximum absolute atomic E-state index is 12.0. The Morgan fingerprint density at radius 3 is 2.69 bits per heavy atom. The fraction of sp³-hybridized carbons (Fsp3) is 0.333. The Bertz CT molecular complexity index is 1400. The van der Waals surface area contributed by atoms with E-state index < -0.39 is 11.0 Å². The largest absolute Gasteiger partial charge is 0.436 e. The molecular formula is C24H22N4O4. The minimum absolute atomic E-state index is 0.271. The number of primary amides is 1. The van der Waals surface area contributed by atoms with Gasteiger partial charge in [-0.05, 0) is 43.5 Å². The summed E-state index contributed by atoms with van der Waals surface area (Å²) in [6.07, 6.45) is 5.44. The number of rotatable bonds is 4. The van der Waals surface area contributed by atoms with Crippen molar-refractivity contribution in [2.75, 3.05) is 13.2 Å². The smallest absolute Gasteiger partial charge is 0.229 e. The molecule has 2 fully saturated rings. The Morgan fingerprint density at radius 1 is 1.12 bits per heavy atom. The molecule has 0 unspecified atom stereocenters. The molecule has 0 radical (unpaired) electrons. The first-order chi connectivity index (χ1) is 15.4. The predicted molar refractivity (Wildman–Crippen MR) is 117 cm³/mol. The van der Waals surface area contributed by atoms with Crippen molar-refractivity contribution in [3.63, 3.8) is 0 Å². The zero-order valence-electron chi connectivity index (χ0n) is 17.6. The third kappa shape index (κ3) is 2.76. The molecule has 3 aromatic heterocycles. The Labute approximate surface area is 183 Å². The molecule has 1 aliphatic heterocycles. The fourth-order valence-corrected chi connectivity index (χ4v) is 4.57. The van der Waals surface area contributed by atoms with Gasteiger partial charge in [0.15, 0.2) is 5.58 Å². The number of nitrogens with two attached hydrogens (primary N) is 1. The Balaban J connectivity index is 1.50. The highest BCUT2D eigenvalue weighted by Crippen LogP contribution is 2.48. The maximum atomic E-state index is 12.0. The van der Waals surface area contributed by atoms with Gasteiger partial charge in [0.1, 0.15) is 11.1 Å². The molecule has 162 valence electrons. The zero-order valence-corrected chi connectivity index (χ0v) is 17.6. The van der Waals surface area contributed by atoms with Gasteiger partial charge in [-0.3, -0.25) is 14.8 Å². The van der Waals surface area contributed by atoms with Crippen LogP contribution in [0.25, 0.3) is 33.3 Å². The number of oxazole rings is 1. The first-order valence-electron chi connectivity index (χ1n) is 10.7. The van der Waals surface area contributed by atoms with E-state index in [1.807, 2.05) is 31.2 Å². The van der Waals surface area contributed by atoms with Crippen LogP contribution in [-0.2, 0) is 20.5 Å². The van der Waals surface area contributed by atoms with Gasteiger partial charge in [-0.2, -0.15) is 0 Å². The van der Waals surface area contributed by atoms with Gasteiger partial charge in [-0.25, -0.2) is 4.98 Å². The van der Waals surface area contributed by atoms with Crippen molar-refractivity contribution in [3.05, 3.63) is 53.6 Å². The van der Waals surface area contributed by atoms with E-state index in [1.54, 1.807) is 12.4 Å². The summed E-state index contributed by atoms with van der Waals surface area (Å²) >= 11 is 0. The molecule has 1 aromatic carbocycles. The SMILES string of the molecule is Cc1ncc(-c2nc3cc([C@@]4(O)CCOC4)ccc3o2)c2cc(C3(C(N)=O)CC3)ncc12. The van der Waals surface area contributed by atoms with Crippen LogP contribution in [0.3, 0.4) is 0 Å². The van der Waals surface area contributed by atoms with Crippen LogP contribution in [0.1, 0.15) is 36.2 Å². The lowest BCUT2D eigenvalue weighted by Gasteiger charge is -2.20. The van der Waals surface area contributed by atoms with Crippen LogP contribution in [0, 0.1) is 6.92 Å². The van der Waals surface area contributed by atoms with Gasteiger partial charge >= 0.3 is 0 Å². The third-order valence-electron chi connectivity index (χ3n) is 6.84. The summed E-state index contributed by atoms with van der Waals surface area (Å²) in [5.41, 5.74) is 8.23. The summed E-state index contributed by atoms with van der Waals surface area (Å²) in [5.74, 6) is 0.0743. The predicted octanol–water partition coefficient (Wildman–Crippen LogP) is 2.87. The van der Waals surface area contributed by atoms with Crippen molar-refractivity contribution >= 4 is 27.8 Å². The molecule has 0 bridgehead atoms. The monoisotopic (exact) mass is 430 g/mol. The number of nitrogens with zero attached hydrogens (tertiary/aromatic N) is 3. The van der Waals surface area contributed by atoms with Crippen LogP contribution in [-0.4, -0.2) is 39.2 Å². The molecule has 4 heterocycles. The van der Waals surface area contributed by atoms with Gasteiger partial charge in [-0.15, -0.1) is 0 Å². The number of aryl methyl sites for hydroxylation is 1. The number of hydrogen-bond donors (Lipinski definition) is 2. The average molecular weight is 430 g/mol. The fourth-order valence-electron chi connectivity index (χ4n) is 4.57. The van der Waals surface area contributed by atoms with E-state index in [9.17, 15) is 9.90 Å². The van der Waals surface area contributed by atoms with E-state index in [1.165, 1.54) is 0 Å². The van der Waals surface area contributed by atoms with Crippen LogP contribution in [0.5, 0.6) is 0 Å². The van der Waals surface area contributed by atoms with E-state index >= 15 is 0 Å². The standard InChI is InChI=1S/C24H22N4O4/c1-13-16-10-27-20(23(4-5-23)22(25)29)9-15(16)17(11-26-13)21-28-18-8-14(2-3-19(18)32-21)24(30)6-7-31-12-24/h2-3,8-11,30H,4-7,12H2,1H3,(H2,25,29)/t24-/m1/s1. The number of benzene rings is 1. The molecule has 1 saturated carbocycles. The number of fused-ring (bicyclic) bond motifs is 2. The van der Waals surface area contributed by atoms with E-state index in [2.05, 4.69) is 9.97 Å². The van der Waals surface area contributed by atoms with E-state index in [0.717, 1.165) is 27.6 Å². The van der Waals surface area contributed by atoms with Crippen molar-refractivity contribution in [2.45, 2.75) is 37.2 Å². The summed E-state index contributed by atoms with van der Waals surface area (Å²) in [6, 6.07) is 7.43. The number of hydrogen-bond acceptors (Lipinski definition) is 7. The van der Waals surface area contributed by atoms with Gasteiger partial charge in [0, 0.05) is 41.9 Å². The normalized spacial score (nSPS) is 21.9. The lowest BCUT2D eigenvalue weighted by molar-refractivity contribution is -0.120. The average Bonchev–Trinajstić information content (AvgIpc) is 3.32. The quantitative estimate of drug-likeness (QED) is 0.510. The van der Waals surface area contributed by atoms with E-state index in [4.69, 9.17) is 19.9 Å². The second-order valence-electron chi connectivity index (χ2n) is 8.85. The number of aliphatic hydroxyl groups is 1. The van der Waals surface area contributed by atoms with Gasteiger partial charge < -0.3 is 20.0 Å². The molecule has 6 rings (SSSR count). The Morgan fingerprint density at radius 2 is 1.97 bits per heavy atom. The molecule has 2 aliphatic rings. The molecule has 8 heteroatoms. The number of amides is 1. The maximum Gasteiger partial charge on any atom is 0.229 e. The van der Waals surface area contributed by atoms with Crippen molar-refractivity contribution < 1.29 is 19.1 Å². The second-order valence-corrected chi connectivity index (χ2v) is 8.85. The Hall–Kier alpha value is -3.36. The number of carbonyl (C=O) groups excluding carboxylic acids is 1. The molecule has 1 aliphatic carbocycles. The third-order valence-corrected chi connectivity index (χ3v) is 6.84. The number of pyridine rings is 2. The molecule has 1 atom stereocenters. The van der Waals surface area contributed by atoms with Crippen molar-refractivity contribution in [3.8, 4) is 11.5 Å². The molecule has 0 spiro atoms. The van der Waals surface area contributed by atoms with Crippen LogP contribution in [0.4, 0.5) is 0 Å². The molecule has 8 nitrogen and oxygen atoms in total. The summed E-state index contributed by atoms with van der Waals surface area (Å²) in [5, 5.41) is 12.6. The Kier molecular flexibility index (Phi) is 3.97. The highest BCUT2D eigenvalue weighted by molar-refractivity contribution is 5.98. The highest BCUT2D eigenvalue weighted by Gasteiger charge is 2.51. The minimum atomic E-state index is -1.00. The number of aromatic nitrogens is 3. The van der Waals surface area contributed by atoms with Gasteiger partial charge in [0.25, 0.3) is 0 Å². The van der Waals surface area contributed by atoms with Crippen LogP contribution in [0.15, 0.2) is 41.1 Å². The van der Waals surface area contributed by atoms with Crippen LogP contribution < -0.4 is 5.73 Å². The van der Waals surface area contributed by atoms with Gasteiger partial charge in [0.2, 0.25) is 11.8 Å². The molecule has 3 N–H and O–H groups in total. The molecule has 1 saturated heterocycles. The van der Waals surface area contributed by atoms with Crippen LogP contribution in [0.2, 0.25) is 0 Å². The second kappa shape index (κ2) is 6.57. The summed E-state index contributed by atoms with van der Waals surface area (Å²) in [7, 11) is 0. The summed E-state index contributed by atoms with van der Waals surface area (Å²) < 4.78 is 11.4. The zero-order chi connectivity index (χ0) is 22.1. The molecular weight excluding hydrogens is 408 g/mol. The lowest BCUT2D eigenvalue weighted by atomic mass is 9.93.